The maximum absolute atomic E-state index is 6.30. The van der Waals surface area contributed by atoms with Crippen LogP contribution in [0.25, 0.3) is 0 Å². The van der Waals surface area contributed by atoms with Gasteiger partial charge in [-0.05, 0) is 19.9 Å². The maximum atomic E-state index is 6.30. The van der Waals surface area contributed by atoms with Crippen LogP contribution in [0.1, 0.15) is 43.1 Å². The van der Waals surface area contributed by atoms with Gasteiger partial charge in [-0.2, -0.15) is 0 Å². The average molecular weight is 228 g/mol. The number of hydrogen-bond acceptors (Lipinski definition) is 2. The molecule has 84 valence electrons. The van der Waals surface area contributed by atoms with E-state index in [0.717, 1.165) is 23.2 Å². The van der Waals surface area contributed by atoms with Crippen molar-refractivity contribution in [2.75, 3.05) is 7.05 Å². The van der Waals surface area contributed by atoms with Crippen molar-refractivity contribution in [2.45, 2.75) is 38.1 Å². The van der Waals surface area contributed by atoms with Crippen molar-refractivity contribution in [3.8, 4) is 0 Å². The Morgan fingerprint density at radius 1 is 1.47 bits per heavy atom. The van der Waals surface area contributed by atoms with Crippen molar-refractivity contribution in [1.29, 1.82) is 0 Å². The van der Waals surface area contributed by atoms with Crippen molar-refractivity contribution in [1.82, 2.24) is 14.9 Å². The normalized spacial score (nSPS) is 17.5. The minimum Gasteiger partial charge on any atom is -0.321 e. The van der Waals surface area contributed by atoms with Gasteiger partial charge in [-0.15, -0.1) is 0 Å². The summed E-state index contributed by atoms with van der Waals surface area (Å²) in [5, 5.41) is 3.94. The Bertz CT molecular complexity index is 340. The van der Waals surface area contributed by atoms with Crippen LogP contribution in [0.2, 0.25) is 5.15 Å². The maximum Gasteiger partial charge on any atom is 0.132 e. The summed E-state index contributed by atoms with van der Waals surface area (Å²) in [5.74, 6) is 1.62. The van der Waals surface area contributed by atoms with E-state index < -0.39 is 0 Å². The zero-order chi connectivity index (χ0) is 10.8. The van der Waals surface area contributed by atoms with Crippen LogP contribution < -0.4 is 5.32 Å². The molecule has 1 saturated carbocycles. The number of rotatable bonds is 3. The van der Waals surface area contributed by atoms with E-state index in [2.05, 4.69) is 10.3 Å². The van der Waals surface area contributed by atoms with Gasteiger partial charge in [0.2, 0.25) is 0 Å². The van der Waals surface area contributed by atoms with Crippen LogP contribution >= 0.6 is 11.6 Å². The van der Waals surface area contributed by atoms with Crippen LogP contribution in [0.3, 0.4) is 0 Å². The van der Waals surface area contributed by atoms with E-state index in [4.69, 9.17) is 11.6 Å². The Morgan fingerprint density at radius 3 is 2.73 bits per heavy atom. The minimum absolute atomic E-state index is 0.592. The predicted octanol–water partition coefficient (Wildman–Crippen LogP) is 2.45. The van der Waals surface area contributed by atoms with Gasteiger partial charge in [0.15, 0.2) is 0 Å². The molecule has 1 fully saturated rings. The van der Waals surface area contributed by atoms with Crippen molar-refractivity contribution in [3.63, 3.8) is 0 Å². The van der Waals surface area contributed by atoms with Gasteiger partial charge < -0.3 is 9.88 Å². The lowest BCUT2D eigenvalue weighted by atomic mass is 10.1. The summed E-state index contributed by atoms with van der Waals surface area (Å²) < 4.78 is 1.99. The first-order chi connectivity index (χ1) is 7.24. The second-order valence-corrected chi connectivity index (χ2v) is 4.63. The molecule has 0 bridgehead atoms. The molecule has 3 nitrogen and oxygen atoms in total. The number of aromatic nitrogens is 2. The van der Waals surface area contributed by atoms with E-state index in [0.29, 0.717) is 5.92 Å². The summed E-state index contributed by atoms with van der Waals surface area (Å²) in [7, 11) is 3.91. The summed E-state index contributed by atoms with van der Waals surface area (Å²) in [6, 6.07) is 0. The van der Waals surface area contributed by atoms with E-state index >= 15 is 0 Å². The quantitative estimate of drug-likeness (QED) is 0.860. The molecule has 0 atom stereocenters. The van der Waals surface area contributed by atoms with Crippen LogP contribution in [0.4, 0.5) is 0 Å². The first-order valence-corrected chi connectivity index (χ1v) is 5.97. The molecular weight excluding hydrogens is 210 g/mol. The Balaban J connectivity index is 2.27. The molecule has 0 unspecified atom stereocenters. The van der Waals surface area contributed by atoms with Crippen LogP contribution in [0.15, 0.2) is 0 Å². The van der Waals surface area contributed by atoms with Gasteiger partial charge in [0.05, 0.1) is 12.2 Å². The van der Waals surface area contributed by atoms with Gasteiger partial charge in [-0.25, -0.2) is 4.98 Å². The van der Waals surface area contributed by atoms with Crippen molar-refractivity contribution >= 4 is 11.6 Å². The van der Waals surface area contributed by atoms with E-state index in [1.54, 1.807) is 0 Å². The van der Waals surface area contributed by atoms with E-state index in [-0.39, 0.29) is 0 Å². The molecular formula is C11H18ClN3. The molecule has 1 aliphatic carbocycles. The third kappa shape index (κ3) is 2.04. The van der Waals surface area contributed by atoms with Gasteiger partial charge >= 0.3 is 0 Å². The highest BCUT2D eigenvalue weighted by Crippen LogP contribution is 2.37. The fraction of sp³-hybridized carbons (Fsp3) is 0.727. The largest absolute Gasteiger partial charge is 0.321 e. The molecule has 15 heavy (non-hydrogen) atoms. The van der Waals surface area contributed by atoms with Gasteiger partial charge in [0.25, 0.3) is 0 Å². The number of nitrogens with one attached hydrogen (secondary N) is 1. The third-order valence-corrected chi connectivity index (χ3v) is 3.67. The van der Waals surface area contributed by atoms with Gasteiger partial charge in [0.1, 0.15) is 11.0 Å². The number of hydrogen-bond donors (Lipinski definition) is 1. The highest BCUT2D eigenvalue weighted by atomic mass is 35.5. The predicted molar refractivity (Wildman–Crippen MR) is 62.2 cm³/mol. The van der Waals surface area contributed by atoms with Gasteiger partial charge in [0, 0.05) is 13.0 Å². The minimum atomic E-state index is 0.592. The van der Waals surface area contributed by atoms with E-state index in [1.807, 2.05) is 18.7 Å². The summed E-state index contributed by atoms with van der Waals surface area (Å²) in [6.45, 7) is 0.781. The Labute approximate surface area is 95.8 Å². The van der Waals surface area contributed by atoms with E-state index in [1.165, 1.54) is 25.7 Å². The molecule has 1 heterocycles. The first kappa shape index (κ1) is 11.0. The van der Waals surface area contributed by atoms with Gasteiger partial charge in [-0.3, -0.25) is 0 Å². The van der Waals surface area contributed by atoms with E-state index in [9.17, 15) is 0 Å². The average Bonchev–Trinajstić information content (AvgIpc) is 2.82. The fourth-order valence-corrected chi connectivity index (χ4v) is 2.61. The topological polar surface area (TPSA) is 29.9 Å². The number of nitrogens with zero attached hydrogens (tertiary/aromatic N) is 2. The molecule has 1 aromatic heterocycles. The van der Waals surface area contributed by atoms with Gasteiger partial charge in [-0.1, -0.05) is 24.4 Å². The highest BCUT2D eigenvalue weighted by molar-refractivity contribution is 6.30. The van der Waals surface area contributed by atoms with Crippen LogP contribution in [-0.4, -0.2) is 16.6 Å². The smallest absolute Gasteiger partial charge is 0.132 e. The number of imidazole rings is 1. The zero-order valence-electron chi connectivity index (χ0n) is 9.39. The second-order valence-electron chi connectivity index (χ2n) is 4.27. The fourth-order valence-electron chi connectivity index (χ4n) is 2.32. The third-order valence-electron chi connectivity index (χ3n) is 3.22. The van der Waals surface area contributed by atoms with Crippen LogP contribution in [0, 0.1) is 0 Å². The lowest BCUT2D eigenvalue weighted by molar-refractivity contribution is 0.689. The molecule has 0 amide bonds. The lowest BCUT2D eigenvalue weighted by Crippen LogP contribution is -2.10. The molecule has 2 rings (SSSR count). The lowest BCUT2D eigenvalue weighted by Gasteiger charge is -2.05. The summed E-state index contributed by atoms with van der Waals surface area (Å²) in [5.41, 5.74) is 1.11. The highest BCUT2D eigenvalue weighted by Gasteiger charge is 2.24. The molecule has 0 saturated heterocycles. The molecule has 1 aromatic rings. The molecule has 0 spiro atoms. The van der Waals surface area contributed by atoms with Crippen LogP contribution in [-0.2, 0) is 13.6 Å². The molecule has 0 aliphatic heterocycles. The monoisotopic (exact) mass is 227 g/mol. The van der Waals surface area contributed by atoms with Crippen molar-refractivity contribution in [3.05, 3.63) is 16.7 Å². The molecule has 4 heteroatoms. The molecule has 1 N–H and O–H groups in total. The SMILES string of the molecule is CNCc1nc(C2CCCC2)c(Cl)n1C. The summed E-state index contributed by atoms with van der Waals surface area (Å²) in [4.78, 5) is 4.65. The first-order valence-electron chi connectivity index (χ1n) is 5.59. The Hall–Kier alpha value is -0.540. The molecule has 1 aliphatic rings. The summed E-state index contributed by atoms with van der Waals surface area (Å²) in [6.07, 6.45) is 5.13. The number of halogens is 1. The molecule has 0 radical (unpaired) electrons. The van der Waals surface area contributed by atoms with Crippen LogP contribution in [0.5, 0.6) is 0 Å². The summed E-state index contributed by atoms with van der Waals surface area (Å²) >= 11 is 6.30. The van der Waals surface area contributed by atoms with Crippen molar-refractivity contribution in [2.24, 2.45) is 7.05 Å². The van der Waals surface area contributed by atoms with Crippen molar-refractivity contribution < 1.29 is 0 Å². The zero-order valence-corrected chi connectivity index (χ0v) is 10.1. The molecule has 0 aromatic carbocycles. The Morgan fingerprint density at radius 2 is 2.13 bits per heavy atom. The standard InChI is InChI=1S/C11H18ClN3/c1-13-7-9-14-10(11(12)15(9)2)8-5-3-4-6-8/h8,13H,3-7H2,1-2H3. The Kier molecular flexibility index (Phi) is 3.32. The second kappa shape index (κ2) is 4.54.